The third-order valence-corrected chi connectivity index (χ3v) is 6.85. The summed E-state index contributed by atoms with van der Waals surface area (Å²) in [6.45, 7) is -0.704. The van der Waals surface area contributed by atoms with Gasteiger partial charge in [0.15, 0.2) is 18.2 Å². The number of benzene rings is 2. The molecule has 2 aromatic carbocycles. The molecule has 32 heavy (non-hydrogen) atoms. The number of rotatable bonds is 6. The van der Waals surface area contributed by atoms with E-state index >= 15 is 0 Å². The predicted octanol–water partition coefficient (Wildman–Crippen LogP) is 1.87. The Hall–Kier alpha value is -3.18. The molecule has 1 aliphatic rings. The van der Waals surface area contributed by atoms with Gasteiger partial charge in [-0.25, -0.2) is 17.2 Å². The van der Waals surface area contributed by atoms with Gasteiger partial charge in [0.05, 0.1) is 10.8 Å². The molecule has 0 spiro atoms. The molecule has 0 aromatic heterocycles. The molecular formula is C21H20F2N2O6S. The number of sulfonamides is 1. The second-order valence-electron chi connectivity index (χ2n) is 7.11. The van der Waals surface area contributed by atoms with Crippen molar-refractivity contribution in [3.05, 3.63) is 65.7 Å². The smallest absolute Gasteiger partial charge is 0.309 e. The summed E-state index contributed by atoms with van der Waals surface area (Å²) in [5, 5.41) is 2.11. The van der Waals surface area contributed by atoms with Gasteiger partial charge in [0.2, 0.25) is 10.0 Å². The topological polar surface area (TPSA) is 110 Å². The maximum Gasteiger partial charge on any atom is 0.309 e. The van der Waals surface area contributed by atoms with Gasteiger partial charge in [-0.1, -0.05) is 18.2 Å². The van der Waals surface area contributed by atoms with Crippen LogP contribution in [0.15, 0.2) is 53.4 Å². The minimum Gasteiger partial charge on any atom is -0.455 e. The molecule has 0 atom stereocenters. The van der Waals surface area contributed by atoms with Crippen LogP contribution in [0.2, 0.25) is 0 Å². The van der Waals surface area contributed by atoms with Gasteiger partial charge in [-0.3, -0.25) is 19.7 Å². The number of hydrogen-bond donors (Lipinski definition) is 1. The van der Waals surface area contributed by atoms with E-state index in [1.54, 1.807) is 18.2 Å². The van der Waals surface area contributed by atoms with Crippen LogP contribution in [-0.2, 0) is 24.3 Å². The van der Waals surface area contributed by atoms with Crippen LogP contribution in [0.1, 0.15) is 23.2 Å². The molecule has 2 aromatic rings. The lowest BCUT2D eigenvalue weighted by Gasteiger charge is -2.30. The zero-order valence-corrected chi connectivity index (χ0v) is 17.6. The summed E-state index contributed by atoms with van der Waals surface area (Å²) in [5.74, 6) is -5.15. The van der Waals surface area contributed by atoms with Gasteiger partial charge >= 0.3 is 5.97 Å². The molecule has 1 fully saturated rings. The number of ether oxygens (including phenoxy) is 1. The summed E-state index contributed by atoms with van der Waals surface area (Å²) in [6.07, 6.45) is 0.263. The Kier molecular flexibility index (Phi) is 7.31. The maximum absolute atomic E-state index is 13.4. The third-order valence-electron chi connectivity index (χ3n) is 4.95. The Morgan fingerprint density at radius 3 is 2.28 bits per heavy atom. The van der Waals surface area contributed by atoms with E-state index in [2.05, 4.69) is 5.32 Å². The van der Waals surface area contributed by atoms with Crippen LogP contribution in [0.25, 0.3) is 0 Å². The van der Waals surface area contributed by atoms with Crippen molar-refractivity contribution in [2.75, 3.05) is 19.7 Å². The van der Waals surface area contributed by atoms with E-state index in [0.717, 1.165) is 16.4 Å². The first-order valence-corrected chi connectivity index (χ1v) is 11.1. The Balaban J connectivity index is 1.48. The number of halogens is 2. The van der Waals surface area contributed by atoms with E-state index in [1.165, 1.54) is 12.1 Å². The van der Waals surface area contributed by atoms with Crippen molar-refractivity contribution in [2.45, 2.75) is 17.7 Å². The fraction of sp³-hybridized carbons (Fsp3) is 0.286. The summed E-state index contributed by atoms with van der Waals surface area (Å²) in [4.78, 5) is 35.6. The van der Waals surface area contributed by atoms with Crippen LogP contribution in [-0.4, -0.2) is 50.2 Å². The summed E-state index contributed by atoms with van der Waals surface area (Å²) >= 11 is 0. The molecule has 0 saturated carbocycles. The molecule has 1 N–H and O–H groups in total. The Bertz CT molecular complexity index is 1120. The molecule has 2 amide bonds. The first-order chi connectivity index (χ1) is 15.2. The monoisotopic (exact) mass is 466 g/mol. The van der Waals surface area contributed by atoms with Crippen LogP contribution in [0.4, 0.5) is 8.78 Å². The summed E-state index contributed by atoms with van der Waals surface area (Å²) in [5.41, 5.74) is 0.279. The number of imide groups is 1. The summed E-state index contributed by atoms with van der Waals surface area (Å²) < 4.78 is 57.7. The molecule has 0 bridgehead atoms. The Labute approximate surface area is 183 Å². The highest BCUT2D eigenvalue weighted by molar-refractivity contribution is 7.89. The van der Waals surface area contributed by atoms with Crippen LogP contribution in [0.3, 0.4) is 0 Å². The van der Waals surface area contributed by atoms with E-state index in [4.69, 9.17) is 4.74 Å². The fourth-order valence-corrected chi connectivity index (χ4v) is 4.68. The number of hydrogen-bond acceptors (Lipinski definition) is 6. The third kappa shape index (κ3) is 5.54. The van der Waals surface area contributed by atoms with Gasteiger partial charge < -0.3 is 4.74 Å². The normalized spacial score (nSPS) is 15.2. The highest BCUT2D eigenvalue weighted by Gasteiger charge is 2.33. The second-order valence-corrected chi connectivity index (χ2v) is 9.04. The summed E-state index contributed by atoms with van der Waals surface area (Å²) in [7, 11) is -4.04. The fourth-order valence-electron chi connectivity index (χ4n) is 3.20. The lowest BCUT2D eigenvalue weighted by Crippen LogP contribution is -2.41. The SMILES string of the molecule is O=C(COC(=O)C1CCN(S(=O)(=O)c2ccc(F)c(F)c2)CC1)NC(=O)c1ccccc1. The van der Waals surface area contributed by atoms with Crippen molar-refractivity contribution in [3.63, 3.8) is 0 Å². The number of esters is 1. The maximum atomic E-state index is 13.4. The van der Waals surface area contributed by atoms with Crippen molar-refractivity contribution in [3.8, 4) is 0 Å². The van der Waals surface area contributed by atoms with E-state index in [0.29, 0.717) is 6.07 Å². The van der Waals surface area contributed by atoms with E-state index in [1.807, 2.05) is 0 Å². The van der Waals surface area contributed by atoms with Crippen molar-refractivity contribution in [1.82, 2.24) is 9.62 Å². The number of nitrogens with one attached hydrogen (secondary N) is 1. The quantitative estimate of drug-likeness (QED) is 0.651. The Morgan fingerprint density at radius 1 is 1.00 bits per heavy atom. The molecule has 170 valence electrons. The number of carbonyl (C=O) groups excluding carboxylic acids is 3. The minimum atomic E-state index is -4.04. The second kappa shape index (κ2) is 9.96. The molecule has 1 saturated heterocycles. The van der Waals surface area contributed by atoms with Crippen LogP contribution >= 0.6 is 0 Å². The summed E-state index contributed by atoms with van der Waals surface area (Å²) in [6, 6.07) is 10.4. The zero-order chi connectivity index (χ0) is 23.3. The molecule has 1 heterocycles. The van der Waals surface area contributed by atoms with Gasteiger partial charge in [-0.05, 0) is 43.2 Å². The van der Waals surface area contributed by atoms with Gasteiger partial charge in [-0.15, -0.1) is 0 Å². The van der Waals surface area contributed by atoms with Crippen LogP contribution in [0.5, 0.6) is 0 Å². The Morgan fingerprint density at radius 2 is 1.66 bits per heavy atom. The van der Waals surface area contributed by atoms with Crippen molar-refractivity contribution in [1.29, 1.82) is 0 Å². The van der Waals surface area contributed by atoms with E-state index in [-0.39, 0.29) is 36.4 Å². The molecular weight excluding hydrogens is 446 g/mol. The molecule has 1 aliphatic heterocycles. The van der Waals surface area contributed by atoms with Gasteiger partial charge in [0, 0.05) is 18.7 Å². The van der Waals surface area contributed by atoms with E-state index < -0.39 is 52.0 Å². The lowest BCUT2D eigenvalue weighted by molar-refractivity contribution is -0.153. The first-order valence-electron chi connectivity index (χ1n) is 9.69. The van der Waals surface area contributed by atoms with Crippen molar-refractivity contribution >= 4 is 27.8 Å². The first kappa shape index (κ1) is 23.5. The minimum absolute atomic E-state index is 0.0280. The highest BCUT2D eigenvalue weighted by Crippen LogP contribution is 2.25. The number of nitrogens with zero attached hydrogens (tertiary/aromatic N) is 1. The molecule has 8 nitrogen and oxygen atoms in total. The average Bonchev–Trinajstić information content (AvgIpc) is 2.79. The molecule has 0 radical (unpaired) electrons. The highest BCUT2D eigenvalue weighted by atomic mass is 32.2. The van der Waals surface area contributed by atoms with Crippen molar-refractivity contribution < 1.29 is 36.3 Å². The predicted molar refractivity (Wildman–Crippen MR) is 108 cm³/mol. The van der Waals surface area contributed by atoms with Gasteiger partial charge in [-0.2, -0.15) is 4.31 Å². The van der Waals surface area contributed by atoms with Crippen molar-refractivity contribution in [2.24, 2.45) is 5.92 Å². The van der Waals surface area contributed by atoms with Crippen LogP contribution in [0, 0.1) is 17.6 Å². The zero-order valence-electron chi connectivity index (χ0n) is 16.8. The number of piperidine rings is 1. The molecule has 0 unspecified atom stereocenters. The lowest BCUT2D eigenvalue weighted by atomic mass is 9.98. The molecule has 3 rings (SSSR count). The van der Waals surface area contributed by atoms with Gasteiger partial charge in [0.25, 0.3) is 11.8 Å². The largest absolute Gasteiger partial charge is 0.455 e. The molecule has 0 aliphatic carbocycles. The van der Waals surface area contributed by atoms with Gasteiger partial charge in [0.1, 0.15) is 0 Å². The number of carbonyl (C=O) groups is 3. The molecule has 11 heteroatoms. The standard InChI is InChI=1S/C21H20F2N2O6S/c22-17-7-6-16(12-18(17)23)32(29,30)25-10-8-15(9-11-25)21(28)31-13-19(26)24-20(27)14-4-2-1-3-5-14/h1-7,12,15H,8-11,13H2,(H,24,26,27). The average molecular weight is 466 g/mol. The number of amides is 2. The van der Waals surface area contributed by atoms with Crippen LogP contribution < -0.4 is 5.32 Å². The van der Waals surface area contributed by atoms with E-state index in [9.17, 15) is 31.6 Å².